The number of halogens is 1. The molecule has 0 atom stereocenters. The molecule has 0 unspecified atom stereocenters. The fourth-order valence-corrected chi connectivity index (χ4v) is 3.22. The number of hydrogen-bond donors (Lipinski definition) is 1. The first-order valence-corrected chi connectivity index (χ1v) is 10.6. The van der Waals surface area contributed by atoms with Gasteiger partial charge in [-0.2, -0.15) is 5.26 Å². The largest absolute Gasteiger partial charge is 0.456 e. The molecule has 4 rings (SSSR count). The normalized spacial score (nSPS) is 11.3. The first-order valence-electron chi connectivity index (χ1n) is 10.2. The van der Waals surface area contributed by atoms with Crippen LogP contribution < -0.4 is 21.7 Å². The van der Waals surface area contributed by atoms with Crippen LogP contribution in [0.15, 0.2) is 75.6 Å². The van der Waals surface area contributed by atoms with Crippen LogP contribution in [0, 0.1) is 11.3 Å². The molecular weight excluding hydrogens is 458 g/mol. The number of pyridine rings is 2. The van der Waals surface area contributed by atoms with Gasteiger partial charge in [0.05, 0.1) is 34.7 Å². The van der Waals surface area contributed by atoms with E-state index in [1.165, 1.54) is 23.2 Å². The van der Waals surface area contributed by atoms with Crippen molar-refractivity contribution in [3.05, 3.63) is 104 Å². The number of nitrogens with zero attached hydrogens (tertiary/aromatic N) is 6. The van der Waals surface area contributed by atoms with Gasteiger partial charge >= 0.3 is 11.4 Å². The van der Waals surface area contributed by atoms with E-state index in [4.69, 9.17) is 21.6 Å². The van der Waals surface area contributed by atoms with Crippen molar-refractivity contribution in [3.63, 3.8) is 0 Å². The Kier molecular flexibility index (Phi) is 6.66. The second kappa shape index (κ2) is 9.97. The summed E-state index contributed by atoms with van der Waals surface area (Å²) in [6, 6.07) is 13.6. The minimum absolute atomic E-state index is 0.0797. The number of hydrogen-bond acceptors (Lipinski definition) is 7. The van der Waals surface area contributed by atoms with E-state index in [2.05, 4.69) is 19.9 Å². The lowest BCUT2D eigenvalue weighted by Gasteiger charge is -2.10. The van der Waals surface area contributed by atoms with Crippen LogP contribution in [0.2, 0.25) is 5.02 Å². The second-order valence-corrected chi connectivity index (χ2v) is 7.50. The molecular formula is C23H18ClN7O3. The molecule has 4 aromatic rings. The van der Waals surface area contributed by atoms with Crippen molar-refractivity contribution >= 4 is 17.3 Å². The zero-order chi connectivity index (χ0) is 24.1. The topological polar surface area (TPSA) is 131 Å². The highest BCUT2D eigenvalue weighted by molar-refractivity contribution is 6.30. The third-order valence-corrected chi connectivity index (χ3v) is 4.98. The summed E-state index contributed by atoms with van der Waals surface area (Å²) in [5.41, 5.74) is 0.460. The third-order valence-electron chi connectivity index (χ3n) is 4.76. The predicted molar refractivity (Wildman–Crippen MR) is 124 cm³/mol. The van der Waals surface area contributed by atoms with Crippen molar-refractivity contribution in [1.29, 1.82) is 5.26 Å². The molecule has 0 amide bonds. The molecule has 0 bridgehead atoms. The number of nitrogens with one attached hydrogen (secondary N) is 1. The first-order chi connectivity index (χ1) is 16.5. The van der Waals surface area contributed by atoms with E-state index in [1.54, 1.807) is 49.4 Å². The van der Waals surface area contributed by atoms with E-state index in [0.29, 0.717) is 33.5 Å². The first kappa shape index (κ1) is 22.7. The summed E-state index contributed by atoms with van der Waals surface area (Å²) in [5, 5.41) is 9.46. The van der Waals surface area contributed by atoms with Crippen LogP contribution in [0.4, 0.5) is 5.69 Å². The van der Waals surface area contributed by atoms with Crippen LogP contribution in [0.1, 0.15) is 18.2 Å². The van der Waals surface area contributed by atoms with Crippen LogP contribution in [0.25, 0.3) is 0 Å². The molecule has 0 spiro atoms. The maximum Gasteiger partial charge on any atom is 0.335 e. The molecule has 3 heterocycles. The standard InChI is InChI=1S/C23H18ClN7O3/c1-2-30-22(32)29-21(31(23(30)33)14-18-4-3-16(24)12-27-18)28-17-5-7-19(8-6-17)34-20-9-15(10-25)11-26-13-20/h3-9,11-13H,2,14H2,1H3,(H,28,29,32). The molecule has 3 aromatic heterocycles. The summed E-state index contributed by atoms with van der Waals surface area (Å²) in [5.74, 6) is 0.925. The lowest BCUT2D eigenvalue weighted by molar-refractivity contribution is 0.480. The van der Waals surface area contributed by atoms with Gasteiger partial charge in [-0.3, -0.25) is 19.5 Å². The Balaban J connectivity index is 1.70. The van der Waals surface area contributed by atoms with Gasteiger partial charge in [0, 0.05) is 25.0 Å². The van der Waals surface area contributed by atoms with Crippen molar-refractivity contribution < 1.29 is 4.74 Å². The van der Waals surface area contributed by atoms with Crippen molar-refractivity contribution in [2.24, 2.45) is 4.99 Å². The SMILES string of the molecule is CCn1c(=O)[nH]/c(=N\c2ccc(Oc3cncc(C#N)c3)cc2)n(Cc2ccc(Cl)cn2)c1=O. The fourth-order valence-electron chi connectivity index (χ4n) is 3.11. The van der Waals surface area contributed by atoms with Crippen molar-refractivity contribution in [1.82, 2.24) is 24.1 Å². The van der Waals surface area contributed by atoms with Gasteiger partial charge in [-0.15, -0.1) is 0 Å². The number of rotatable bonds is 6. The molecule has 0 aliphatic carbocycles. The molecule has 0 saturated heterocycles. The molecule has 0 saturated carbocycles. The van der Waals surface area contributed by atoms with Crippen LogP contribution in [-0.2, 0) is 13.1 Å². The zero-order valence-corrected chi connectivity index (χ0v) is 18.7. The molecule has 10 nitrogen and oxygen atoms in total. The Morgan fingerprint density at radius 3 is 2.56 bits per heavy atom. The average molecular weight is 476 g/mol. The predicted octanol–water partition coefficient (Wildman–Crippen LogP) is 2.75. The molecule has 0 radical (unpaired) electrons. The quantitative estimate of drug-likeness (QED) is 0.456. The highest BCUT2D eigenvalue weighted by Crippen LogP contribution is 2.23. The average Bonchev–Trinajstić information content (AvgIpc) is 2.84. The highest BCUT2D eigenvalue weighted by atomic mass is 35.5. The molecule has 34 heavy (non-hydrogen) atoms. The van der Waals surface area contributed by atoms with Crippen molar-refractivity contribution in [2.75, 3.05) is 0 Å². The molecule has 1 aromatic carbocycles. The number of aromatic amines is 1. The Morgan fingerprint density at radius 1 is 1.09 bits per heavy atom. The van der Waals surface area contributed by atoms with E-state index in [9.17, 15) is 9.59 Å². The van der Waals surface area contributed by atoms with Crippen LogP contribution >= 0.6 is 11.6 Å². The summed E-state index contributed by atoms with van der Waals surface area (Å²) in [6.07, 6.45) is 4.43. The Labute approximate surface area is 198 Å². The number of ether oxygens (including phenoxy) is 1. The van der Waals surface area contributed by atoms with Gasteiger partial charge in [-0.25, -0.2) is 19.1 Å². The summed E-state index contributed by atoms with van der Waals surface area (Å²) in [4.78, 5) is 40.7. The van der Waals surface area contributed by atoms with Crippen LogP contribution in [-0.4, -0.2) is 24.1 Å². The number of aromatic nitrogens is 5. The second-order valence-electron chi connectivity index (χ2n) is 7.06. The monoisotopic (exact) mass is 475 g/mol. The highest BCUT2D eigenvalue weighted by Gasteiger charge is 2.09. The summed E-state index contributed by atoms with van der Waals surface area (Å²) < 4.78 is 8.13. The molecule has 0 fully saturated rings. The smallest absolute Gasteiger partial charge is 0.335 e. The van der Waals surface area contributed by atoms with E-state index in [1.807, 2.05) is 6.07 Å². The Bertz CT molecular complexity index is 1550. The maximum absolute atomic E-state index is 13.0. The molecule has 170 valence electrons. The lowest BCUT2D eigenvalue weighted by atomic mass is 10.3. The van der Waals surface area contributed by atoms with E-state index >= 15 is 0 Å². The Morgan fingerprint density at radius 2 is 1.88 bits per heavy atom. The zero-order valence-electron chi connectivity index (χ0n) is 18.0. The third kappa shape index (κ3) is 5.11. The number of benzene rings is 1. The van der Waals surface area contributed by atoms with Gasteiger partial charge in [-0.1, -0.05) is 11.6 Å². The summed E-state index contributed by atoms with van der Waals surface area (Å²) in [6.45, 7) is 2.00. The molecule has 1 N–H and O–H groups in total. The van der Waals surface area contributed by atoms with E-state index in [0.717, 1.165) is 4.57 Å². The number of nitriles is 1. The molecule has 0 aliphatic rings. The van der Waals surface area contributed by atoms with Crippen LogP contribution in [0.5, 0.6) is 11.5 Å². The number of H-pyrrole nitrogens is 1. The molecule has 11 heteroatoms. The van der Waals surface area contributed by atoms with Crippen molar-refractivity contribution in [3.8, 4) is 17.6 Å². The van der Waals surface area contributed by atoms with E-state index in [-0.39, 0.29) is 18.7 Å². The van der Waals surface area contributed by atoms with Gasteiger partial charge in [0.1, 0.15) is 17.6 Å². The maximum atomic E-state index is 13.0. The minimum atomic E-state index is -0.559. The summed E-state index contributed by atoms with van der Waals surface area (Å²) in [7, 11) is 0. The van der Waals surface area contributed by atoms with Gasteiger partial charge in [0.2, 0.25) is 5.62 Å². The minimum Gasteiger partial charge on any atom is -0.456 e. The molecule has 0 aliphatic heterocycles. The Hall–Kier alpha value is -4.49. The van der Waals surface area contributed by atoms with Gasteiger partial charge in [-0.05, 0) is 43.3 Å². The summed E-state index contributed by atoms with van der Waals surface area (Å²) >= 11 is 5.90. The van der Waals surface area contributed by atoms with Crippen LogP contribution in [0.3, 0.4) is 0 Å². The van der Waals surface area contributed by atoms with Gasteiger partial charge in [0.25, 0.3) is 0 Å². The van der Waals surface area contributed by atoms with Gasteiger partial charge < -0.3 is 4.74 Å². The fraction of sp³-hybridized carbons (Fsp3) is 0.130. The van der Waals surface area contributed by atoms with E-state index < -0.39 is 11.4 Å². The van der Waals surface area contributed by atoms with Crippen molar-refractivity contribution in [2.45, 2.75) is 20.0 Å². The van der Waals surface area contributed by atoms with Gasteiger partial charge in [0.15, 0.2) is 0 Å². The lowest BCUT2D eigenvalue weighted by Crippen LogP contribution is -2.49.